The molecule has 4 heterocycles. The monoisotopic (exact) mass is 335 g/mol. The molecule has 0 amide bonds. The minimum Gasteiger partial charge on any atom is -0.347 e. The third kappa shape index (κ3) is 2.49. The minimum absolute atomic E-state index is 0.0853. The maximum atomic E-state index is 13.3. The average Bonchev–Trinajstić information content (AvgIpc) is 2.78. The summed E-state index contributed by atoms with van der Waals surface area (Å²) in [7, 11) is 0. The summed E-state index contributed by atoms with van der Waals surface area (Å²) < 4.78 is 13.3. The third-order valence-corrected chi connectivity index (χ3v) is 4.81. The number of pyridine rings is 1. The Labute approximate surface area is 136 Å². The number of hydrogen-bond donors (Lipinski definition) is 2. The van der Waals surface area contributed by atoms with Crippen LogP contribution in [-0.2, 0) is 0 Å². The molecule has 2 fully saturated rings. The number of hydrogen-bond acceptors (Lipinski definition) is 5. The van der Waals surface area contributed by atoms with E-state index in [-0.39, 0.29) is 17.1 Å². The molecule has 2 aliphatic rings. The van der Waals surface area contributed by atoms with Gasteiger partial charge in [-0.2, -0.15) is 4.39 Å². The van der Waals surface area contributed by atoms with E-state index in [1.54, 1.807) is 6.07 Å². The van der Waals surface area contributed by atoms with Gasteiger partial charge in [-0.1, -0.05) is 11.6 Å². The van der Waals surface area contributed by atoms with Gasteiger partial charge in [0, 0.05) is 43.0 Å². The van der Waals surface area contributed by atoms with Gasteiger partial charge in [0.25, 0.3) is 5.56 Å². The van der Waals surface area contributed by atoms with Gasteiger partial charge in [-0.3, -0.25) is 4.79 Å². The summed E-state index contributed by atoms with van der Waals surface area (Å²) >= 11 is 6.22. The van der Waals surface area contributed by atoms with Crippen LogP contribution in [0.2, 0.25) is 5.02 Å². The molecule has 2 N–H and O–H groups in total. The van der Waals surface area contributed by atoms with Crippen molar-refractivity contribution in [2.45, 2.75) is 24.9 Å². The third-order valence-electron chi connectivity index (χ3n) is 4.47. The van der Waals surface area contributed by atoms with Crippen LogP contribution in [0.3, 0.4) is 0 Å². The molecule has 23 heavy (non-hydrogen) atoms. The molecule has 0 aromatic carbocycles. The first-order valence-corrected chi connectivity index (χ1v) is 7.92. The Hall–Kier alpha value is -1.99. The Balaban J connectivity index is 1.83. The van der Waals surface area contributed by atoms with Gasteiger partial charge in [0.15, 0.2) is 5.82 Å². The Kier molecular flexibility index (Phi) is 3.54. The van der Waals surface area contributed by atoms with Crippen molar-refractivity contribution in [3.8, 4) is 11.4 Å². The van der Waals surface area contributed by atoms with Crippen molar-refractivity contribution in [1.29, 1.82) is 0 Å². The highest BCUT2D eigenvalue weighted by Crippen LogP contribution is 2.34. The van der Waals surface area contributed by atoms with Gasteiger partial charge >= 0.3 is 0 Å². The zero-order chi connectivity index (χ0) is 16.0. The molecule has 2 aromatic heterocycles. The van der Waals surface area contributed by atoms with E-state index in [9.17, 15) is 9.18 Å². The number of nitrogens with one attached hydrogen (secondary N) is 2. The van der Waals surface area contributed by atoms with Gasteiger partial charge < -0.3 is 15.2 Å². The number of halogens is 2. The summed E-state index contributed by atoms with van der Waals surface area (Å²) in [5.74, 6) is 0.161. The van der Waals surface area contributed by atoms with Crippen LogP contribution in [0.5, 0.6) is 0 Å². The lowest BCUT2D eigenvalue weighted by Gasteiger charge is -2.36. The number of aromatic nitrogens is 3. The molecule has 2 aromatic rings. The van der Waals surface area contributed by atoms with Crippen LogP contribution in [0.4, 0.5) is 10.2 Å². The molecule has 6 nitrogen and oxygen atoms in total. The molecular weight excluding hydrogens is 321 g/mol. The van der Waals surface area contributed by atoms with E-state index in [0.29, 0.717) is 17.2 Å². The predicted octanol–water partition coefficient (Wildman–Crippen LogP) is 1.56. The molecule has 2 atom stereocenters. The van der Waals surface area contributed by atoms with E-state index >= 15 is 0 Å². The molecule has 2 unspecified atom stereocenters. The number of anilines is 1. The van der Waals surface area contributed by atoms with Crippen LogP contribution in [0.1, 0.15) is 12.8 Å². The van der Waals surface area contributed by atoms with E-state index in [1.807, 2.05) is 0 Å². The Morgan fingerprint density at radius 3 is 2.74 bits per heavy atom. The SMILES string of the molecule is O=c1[nH]c(-c2ccnc(F)c2)nc(N2C3CCC2CNC3)c1Cl. The van der Waals surface area contributed by atoms with Gasteiger partial charge in [-0.05, 0) is 18.9 Å². The van der Waals surface area contributed by atoms with Crippen LogP contribution in [0, 0.1) is 5.95 Å². The molecule has 0 spiro atoms. The summed E-state index contributed by atoms with van der Waals surface area (Å²) in [6, 6.07) is 3.40. The number of aromatic amines is 1. The van der Waals surface area contributed by atoms with Crippen LogP contribution in [0.15, 0.2) is 23.1 Å². The lowest BCUT2D eigenvalue weighted by atomic mass is 10.2. The fraction of sp³-hybridized carbons (Fsp3) is 0.400. The van der Waals surface area contributed by atoms with Crippen molar-refractivity contribution >= 4 is 17.4 Å². The van der Waals surface area contributed by atoms with Crippen LogP contribution < -0.4 is 15.8 Å². The standard InChI is InChI=1S/C15H15ClFN5O/c16-12-14(22-9-1-2-10(22)7-18-6-9)20-13(21-15(12)23)8-3-4-19-11(17)5-8/h3-5,9-10,18H,1-2,6-7H2,(H,20,21,23). The van der Waals surface area contributed by atoms with E-state index < -0.39 is 11.5 Å². The maximum Gasteiger partial charge on any atom is 0.272 e. The first kappa shape index (κ1) is 14.6. The zero-order valence-electron chi connectivity index (χ0n) is 12.2. The first-order chi connectivity index (χ1) is 11.1. The number of fused-ring (bicyclic) bond motifs is 2. The van der Waals surface area contributed by atoms with E-state index in [0.717, 1.165) is 25.9 Å². The molecule has 4 rings (SSSR count). The second-order valence-corrected chi connectivity index (χ2v) is 6.25. The molecule has 120 valence electrons. The average molecular weight is 336 g/mol. The largest absolute Gasteiger partial charge is 0.347 e. The highest BCUT2D eigenvalue weighted by atomic mass is 35.5. The van der Waals surface area contributed by atoms with Crippen LogP contribution >= 0.6 is 11.6 Å². The Bertz CT molecular complexity index is 795. The Morgan fingerprint density at radius 2 is 2.04 bits per heavy atom. The quantitative estimate of drug-likeness (QED) is 0.815. The van der Waals surface area contributed by atoms with Crippen molar-refractivity contribution in [3.63, 3.8) is 0 Å². The molecule has 8 heteroatoms. The molecule has 2 bridgehead atoms. The molecule has 0 aliphatic carbocycles. The molecular formula is C15H15ClFN5O. The Morgan fingerprint density at radius 1 is 1.30 bits per heavy atom. The number of nitrogens with zero attached hydrogens (tertiary/aromatic N) is 3. The second-order valence-electron chi connectivity index (χ2n) is 5.87. The van der Waals surface area contributed by atoms with E-state index in [1.165, 1.54) is 12.3 Å². The highest BCUT2D eigenvalue weighted by molar-refractivity contribution is 6.32. The van der Waals surface area contributed by atoms with Gasteiger partial charge in [0.1, 0.15) is 10.8 Å². The normalized spacial score (nSPS) is 23.3. The van der Waals surface area contributed by atoms with E-state index in [2.05, 4.69) is 25.2 Å². The lowest BCUT2D eigenvalue weighted by molar-refractivity contribution is 0.481. The smallest absolute Gasteiger partial charge is 0.272 e. The van der Waals surface area contributed by atoms with Gasteiger partial charge in [-0.15, -0.1) is 0 Å². The van der Waals surface area contributed by atoms with Gasteiger partial charge in [-0.25, -0.2) is 9.97 Å². The molecule has 0 saturated carbocycles. The number of rotatable bonds is 2. The number of piperazine rings is 1. The summed E-state index contributed by atoms with van der Waals surface area (Å²) in [5, 5.41) is 3.46. The van der Waals surface area contributed by atoms with Crippen molar-refractivity contribution in [1.82, 2.24) is 20.3 Å². The topological polar surface area (TPSA) is 73.9 Å². The zero-order valence-corrected chi connectivity index (χ0v) is 13.0. The van der Waals surface area contributed by atoms with Crippen molar-refractivity contribution in [2.75, 3.05) is 18.0 Å². The van der Waals surface area contributed by atoms with E-state index in [4.69, 9.17) is 11.6 Å². The van der Waals surface area contributed by atoms with Crippen molar-refractivity contribution in [3.05, 3.63) is 39.7 Å². The summed E-state index contributed by atoms with van der Waals surface area (Å²) in [4.78, 5) is 25.0. The first-order valence-electron chi connectivity index (χ1n) is 7.54. The van der Waals surface area contributed by atoms with Gasteiger partial charge in [0.2, 0.25) is 5.95 Å². The molecule has 2 aliphatic heterocycles. The minimum atomic E-state index is -0.621. The van der Waals surface area contributed by atoms with Crippen LogP contribution in [0.25, 0.3) is 11.4 Å². The van der Waals surface area contributed by atoms with Crippen molar-refractivity contribution < 1.29 is 4.39 Å². The summed E-state index contributed by atoms with van der Waals surface area (Å²) in [6.07, 6.45) is 3.43. The predicted molar refractivity (Wildman–Crippen MR) is 85.2 cm³/mol. The fourth-order valence-electron chi connectivity index (χ4n) is 3.43. The molecule has 0 radical (unpaired) electrons. The fourth-order valence-corrected chi connectivity index (χ4v) is 3.62. The summed E-state index contributed by atoms with van der Waals surface area (Å²) in [6.45, 7) is 1.70. The van der Waals surface area contributed by atoms with Crippen LogP contribution in [-0.4, -0.2) is 40.1 Å². The lowest BCUT2D eigenvalue weighted by Crippen LogP contribution is -2.52. The van der Waals surface area contributed by atoms with Gasteiger partial charge in [0.05, 0.1) is 0 Å². The maximum absolute atomic E-state index is 13.3. The summed E-state index contributed by atoms with van der Waals surface area (Å²) in [5.41, 5.74) is 0.0526. The number of H-pyrrole nitrogens is 1. The molecule has 2 saturated heterocycles. The second kappa shape index (κ2) is 5.58. The van der Waals surface area contributed by atoms with Crippen molar-refractivity contribution in [2.24, 2.45) is 0 Å². The highest BCUT2D eigenvalue weighted by Gasteiger charge is 2.38.